The quantitative estimate of drug-likeness (QED) is 0.712. The second kappa shape index (κ2) is 5.52. The van der Waals surface area contributed by atoms with Gasteiger partial charge in [0, 0.05) is 41.7 Å². The molecular weight excluding hydrogens is 322 g/mol. The molecule has 4 heteroatoms. The molecule has 3 aromatic rings. The molecule has 1 aromatic carbocycles. The number of fused-ring (bicyclic) bond motifs is 3. The lowest BCUT2D eigenvalue weighted by atomic mass is 9.73. The van der Waals surface area contributed by atoms with Crippen LogP contribution in [0.4, 0.5) is 0 Å². The molecule has 0 saturated carbocycles. The van der Waals surface area contributed by atoms with E-state index in [2.05, 4.69) is 46.2 Å². The molecule has 0 bridgehead atoms. The number of likely N-dealkylation sites (tertiary alicyclic amines) is 1. The van der Waals surface area contributed by atoms with Gasteiger partial charge in [-0.15, -0.1) is 0 Å². The first-order chi connectivity index (χ1) is 12.6. The summed E-state index contributed by atoms with van der Waals surface area (Å²) in [5.74, 6) is 0.312. The van der Waals surface area contributed by atoms with Gasteiger partial charge in [-0.1, -0.05) is 12.1 Å². The summed E-state index contributed by atoms with van der Waals surface area (Å²) in [6.45, 7) is 4.13. The first kappa shape index (κ1) is 15.8. The maximum atomic E-state index is 12.6. The van der Waals surface area contributed by atoms with Crippen LogP contribution in [0.1, 0.15) is 42.3 Å². The van der Waals surface area contributed by atoms with E-state index in [1.807, 2.05) is 19.2 Å². The summed E-state index contributed by atoms with van der Waals surface area (Å²) in [6, 6.07) is 10.6. The Morgan fingerprint density at radius 3 is 2.77 bits per heavy atom. The van der Waals surface area contributed by atoms with E-state index in [0.717, 1.165) is 53.8 Å². The molecule has 0 atom stereocenters. The zero-order chi connectivity index (χ0) is 17.9. The minimum absolute atomic E-state index is 0. The largest absolute Gasteiger partial charge is 0.346 e. The molecule has 1 fully saturated rings. The Morgan fingerprint density at radius 1 is 1.15 bits per heavy atom. The summed E-state index contributed by atoms with van der Waals surface area (Å²) in [5.41, 5.74) is 6.51. The van der Waals surface area contributed by atoms with Gasteiger partial charge in [0.1, 0.15) is 5.65 Å². The summed E-state index contributed by atoms with van der Waals surface area (Å²) in [7, 11) is 2.17. The number of Topliss-reactive ketones (excluding diaryl/α,β-unsaturated/α-hetero) is 1. The average Bonchev–Trinajstić information content (AvgIpc) is 3.17. The number of nitrogens with one attached hydrogen (secondary N) is 1. The van der Waals surface area contributed by atoms with Crippen molar-refractivity contribution >= 4 is 16.8 Å². The second-order valence-corrected chi connectivity index (χ2v) is 8.00. The highest BCUT2D eigenvalue weighted by Crippen LogP contribution is 2.47. The Balaban J connectivity index is 0.00000180. The Bertz CT molecular complexity index is 1030. The molecule has 0 unspecified atom stereocenters. The fourth-order valence-electron chi connectivity index (χ4n) is 4.73. The number of aryl methyl sites for hydroxylation is 1. The molecule has 0 radical (unpaired) electrons. The number of ketones is 1. The van der Waals surface area contributed by atoms with Crippen molar-refractivity contribution < 1.29 is 6.22 Å². The normalized spacial score (nSPS) is 19.4. The van der Waals surface area contributed by atoms with E-state index in [1.54, 1.807) is 0 Å². The third kappa shape index (κ3) is 2.25. The molecule has 1 saturated heterocycles. The summed E-state index contributed by atoms with van der Waals surface area (Å²) in [5, 5.41) is 1.14. The minimum atomic E-state index is 0. The van der Waals surface area contributed by atoms with Gasteiger partial charge in [-0.2, -0.15) is 0 Å². The number of benzene rings is 1. The third-order valence-electron chi connectivity index (χ3n) is 6.32. The Hall–Kier alpha value is -2.46. The van der Waals surface area contributed by atoms with Crippen LogP contribution in [0.15, 0.2) is 36.5 Å². The van der Waals surface area contributed by atoms with E-state index in [1.165, 1.54) is 11.1 Å². The number of rotatable bonds is 1. The van der Waals surface area contributed by atoms with Crippen molar-refractivity contribution in [1.29, 1.82) is 0 Å². The Labute approximate surface area is 154 Å². The highest BCUT2D eigenvalue weighted by molar-refractivity contribution is 6.03. The van der Waals surface area contributed by atoms with Crippen molar-refractivity contribution in [3.05, 3.63) is 53.3 Å². The van der Waals surface area contributed by atoms with Crippen LogP contribution in [0.3, 0.4) is 0 Å². The molecule has 1 N–H and O–H groups in total. The Kier molecular flexibility index (Phi) is 3.35. The lowest BCUT2D eigenvalue weighted by molar-refractivity contribution is 0.0945. The Morgan fingerprint density at radius 2 is 1.96 bits per heavy atom. The zero-order valence-electron chi connectivity index (χ0n) is 15.3. The molecule has 5 rings (SSSR count). The van der Waals surface area contributed by atoms with E-state index in [4.69, 9.17) is 0 Å². The highest BCUT2D eigenvalue weighted by Gasteiger charge is 2.44. The number of piperidine rings is 1. The number of aromatic amines is 1. The van der Waals surface area contributed by atoms with Crippen LogP contribution in [-0.4, -0.2) is 40.8 Å². The van der Waals surface area contributed by atoms with Gasteiger partial charge in [0.15, 0.2) is 5.78 Å². The van der Waals surface area contributed by atoms with Gasteiger partial charge >= 0.3 is 0 Å². The van der Waals surface area contributed by atoms with E-state index in [0.29, 0.717) is 12.2 Å². The summed E-state index contributed by atoms with van der Waals surface area (Å²) >= 11 is 0. The second-order valence-electron chi connectivity index (χ2n) is 8.00. The van der Waals surface area contributed by atoms with Crippen LogP contribution in [-0.2, 0) is 5.41 Å². The molecule has 1 spiro atoms. The number of H-pyrrole nitrogens is 1. The predicted molar refractivity (Wildman–Crippen MR) is 106 cm³/mol. The van der Waals surface area contributed by atoms with Crippen molar-refractivity contribution in [3.63, 3.8) is 0 Å². The van der Waals surface area contributed by atoms with Gasteiger partial charge in [-0.3, -0.25) is 4.79 Å². The smallest absolute Gasteiger partial charge is 0.164 e. The van der Waals surface area contributed by atoms with Gasteiger partial charge in [0.05, 0.1) is 0 Å². The predicted octanol–water partition coefficient (Wildman–Crippen LogP) is 4.33. The summed E-state index contributed by atoms with van der Waals surface area (Å²) in [6.07, 6.45) is 4.85. The number of carbonyl (C=O) groups is 1. The number of carbonyl (C=O) groups excluding carboxylic acids is 1. The van der Waals surface area contributed by atoms with E-state index >= 15 is 0 Å². The van der Waals surface area contributed by atoms with E-state index < -0.39 is 0 Å². The maximum Gasteiger partial charge on any atom is 0.164 e. The molecule has 1 aliphatic heterocycles. The number of hydrogen-bond acceptors (Lipinski definition) is 3. The molecule has 2 aliphatic rings. The minimum Gasteiger partial charge on any atom is -0.346 e. The van der Waals surface area contributed by atoms with Gasteiger partial charge < -0.3 is 9.88 Å². The SMILES string of the molecule is Cc1ccc2c(-c3ccc4c(c3)C3(CCN(C)CC3)CC4=O)c[nH]c2n1.[HH]. The molecule has 4 nitrogen and oxygen atoms in total. The van der Waals surface area contributed by atoms with Gasteiger partial charge in [0.25, 0.3) is 0 Å². The van der Waals surface area contributed by atoms with Gasteiger partial charge in [-0.05, 0) is 69.2 Å². The molecule has 134 valence electrons. The van der Waals surface area contributed by atoms with Crippen molar-refractivity contribution in [2.75, 3.05) is 20.1 Å². The van der Waals surface area contributed by atoms with Crippen molar-refractivity contribution in [2.24, 2.45) is 0 Å². The standard InChI is InChI=1S/C22H23N3O.H2/c1-14-3-5-16-18(13-23-21(16)24-14)15-4-6-17-19(11-15)22(12-20(17)26)7-9-25(2)10-8-22;/h3-6,11,13H,7-10,12H2,1-2H3,(H,23,24);1H. The van der Waals surface area contributed by atoms with Crippen LogP contribution in [0.25, 0.3) is 22.2 Å². The summed E-state index contributed by atoms with van der Waals surface area (Å²) < 4.78 is 0. The molecule has 3 heterocycles. The first-order valence-corrected chi connectivity index (χ1v) is 9.37. The van der Waals surface area contributed by atoms with Gasteiger partial charge in [0.2, 0.25) is 0 Å². The third-order valence-corrected chi connectivity index (χ3v) is 6.32. The molecule has 26 heavy (non-hydrogen) atoms. The molecule has 2 aromatic heterocycles. The van der Waals surface area contributed by atoms with Crippen LogP contribution in [0.5, 0.6) is 0 Å². The monoisotopic (exact) mass is 347 g/mol. The molecule has 0 amide bonds. The van der Waals surface area contributed by atoms with Crippen molar-refractivity contribution in [1.82, 2.24) is 14.9 Å². The number of aromatic nitrogens is 2. The number of nitrogens with zero attached hydrogens (tertiary/aromatic N) is 2. The van der Waals surface area contributed by atoms with E-state index in [9.17, 15) is 4.79 Å². The fourth-order valence-corrected chi connectivity index (χ4v) is 4.73. The number of hydrogen-bond donors (Lipinski definition) is 1. The van der Waals surface area contributed by atoms with E-state index in [-0.39, 0.29) is 6.84 Å². The molecule has 1 aliphatic carbocycles. The maximum absolute atomic E-state index is 12.6. The first-order valence-electron chi connectivity index (χ1n) is 9.37. The van der Waals surface area contributed by atoms with Crippen molar-refractivity contribution in [2.45, 2.75) is 31.6 Å². The summed E-state index contributed by atoms with van der Waals surface area (Å²) in [4.78, 5) is 22.9. The highest BCUT2D eigenvalue weighted by atomic mass is 16.1. The lowest BCUT2D eigenvalue weighted by Gasteiger charge is -2.38. The van der Waals surface area contributed by atoms with Crippen LogP contribution in [0, 0.1) is 6.92 Å². The van der Waals surface area contributed by atoms with Crippen molar-refractivity contribution in [3.8, 4) is 11.1 Å². The number of pyridine rings is 1. The van der Waals surface area contributed by atoms with Crippen LogP contribution in [0.2, 0.25) is 0 Å². The molecular formula is C22H25N3O. The zero-order valence-corrected chi connectivity index (χ0v) is 15.3. The van der Waals surface area contributed by atoms with Crippen LogP contribution >= 0.6 is 0 Å². The topological polar surface area (TPSA) is 49.0 Å². The average molecular weight is 347 g/mol. The van der Waals surface area contributed by atoms with Gasteiger partial charge in [-0.25, -0.2) is 4.98 Å². The van der Waals surface area contributed by atoms with Crippen LogP contribution < -0.4 is 0 Å². The lowest BCUT2D eigenvalue weighted by Crippen LogP contribution is -2.39. The fraction of sp³-hybridized carbons (Fsp3) is 0.364.